The van der Waals surface area contributed by atoms with Crippen LogP contribution < -0.4 is 4.72 Å². The number of hydrogen-bond donors (Lipinski definition) is 3. The van der Waals surface area contributed by atoms with Gasteiger partial charge in [-0.3, -0.25) is 14.8 Å². The summed E-state index contributed by atoms with van der Waals surface area (Å²) in [4.78, 5) is 13.2. The largest absolute Gasteiger partial charge is 0.480 e. The molecule has 0 aromatic carbocycles. The van der Waals surface area contributed by atoms with Crippen molar-refractivity contribution in [2.24, 2.45) is 5.92 Å². The minimum atomic E-state index is -3.60. The summed E-state index contributed by atoms with van der Waals surface area (Å²) in [6.07, 6.45) is 3.63. The van der Waals surface area contributed by atoms with Crippen molar-refractivity contribution < 1.29 is 18.3 Å². The first kappa shape index (κ1) is 17.4. The average Bonchev–Trinajstić information content (AvgIpc) is 3.16. The Bertz CT molecular complexity index is 700. The third-order valence-corrected chi connectivity index (χ3v) is 6.59. The topological polar surface area (TPSA) is 115 Å². The SMILES string of the molecule is Cc1n[nH]c(C)c1S(=O)(=O)NC1CC(N(CC(=O)O)CC2CC2)C1. The monoisotopic (exact) mass is 356 g/mol. The van der Waals surface area contributed by atoms with E-state index in [1.807, 2.05) is 4.90 Å². The van der Waals surface area contributed by atoms with Gasteiger partial charge in [-0.05, 0) is 45.4 Å². The van der Waals surface area contributed by atoms with E-state index in [0.717, 1.165) is 19.4 Å². The Morgan fingerprint density at radius 2 is 2.04 bits per heavy atom. The predicted molar refractivity (Wildman–Crippen MR) is 87.1 cm³/mol. The molecule has 0 atom stereocenters. The Hall–Kier alpha value is -1.45. The lowest BCUT2D eigenvalue weighted by Crippen LogP contribution is -2.55. The van der Waals surface area contributed by atoms with Crippen LogP contribution in [-0.4, -0.2) is 59.8 Å². The zero-order chi connectivity index (χ0) is 17.5. The number of aryl methyl sites for hydroxylation is 2. The second-order valence-electron chi connectivity index (χ2n) is 6.97. The molecule has 3 rings (SSSR count). The fourth-order valence-electron chi connectivity index (χ4n) is 3.35. The number of H-pyrrole nitrogens is 1. The van der Waals surface area contributed by atoms with Crippen LogP contribution in [0.25, 0.3) is 0 Å². The van der Waals surface area contributed by atoms with Gasteiger partial charge in [-0.25, -0.2) is 13.1 Å². The van der Waals surface area contributed by atoms with Crippen molar-refractivity contribution in [2.75, 3.05) is 13.1 Å². The summed E-state index contributed by atoms with van der Waals surface area (Å²) in [6, 6.07) is -0.00913. The van der Waals surface area contributed by atoms with Gasteiger partial charge < -0.3 is 5.11 Å². The van der Waals surface area contributed by atoms with E-state index in [9.17, 15) is 13.2 Å². The van der Waals surface area contributed by atoms with Crippen molar-refractivity contribution in [1.82, 2.24) is 19.8 Å². The maximum atomic E-state index is 12.5. The fourth-order valence-corrected chi connectivity index (χ4v) is 4.98. The summed E-state index contributed by atoms with van der Waals surface area (Å²) < 4.78 is 27.7. The highest BCUT2D eigenvalue weighted by Crippen LogP contribution is 2.34. The smallest absolute Gasteiger partial charge is 0.317 e. The van der Waals surface area contributed by atoms with E-state index < -0.39 is 16.0 Å². The first-order valence-corrected chi connectivity index (χ1v) is 9.74. The van der Waals surface area contributed by atoms with Gasteiger partial charge >= 0.3 is 5.97 Å². The molecule has 2 fully saturated rings. The number of carbonyl (C=O) groups is 1. The lowest BCUT2D eigenvalue weighted by molar-refractivity contribution is -0.139. The summed E-state index contributed by atoms with van der Waals surface area (Å²) in [7, 11) is -3.60. The first-order chi connectivity index (χ1) is 11.3. The third kappa shape index (κ3) is 3.79. The van der Waals surface area contributed by atoms with Crippen LogP contribution in [0, 0.1) is 19.8 Å². The van der Waals surface area contributed by atoms with Gasteiger partial charge in [-0.15, -0.1) is 0 Å². The molecule has 2 saturated carbocycles. The summed E-state index contributed by atoms with van der Waals surface area (Å²) in [5.74, 6) is -0.222. The zero-order valence-corrected chi connectivity index (χ0v) is 14.8. The Balaban J connectivity index is 1.58. The Morgan fingerprint density at radius 1 is 1.38 bits per heavy atom. The maximum absolute atomic E-state index is 12.5. The molecule has 1 aromatic rings. The van der Waals surface area contributed by atoms with Crippen LogP contribution in [0.1, 0.15) is 37.1 Å². The highest BCUT2D eigenvalue weighted by Gasteiger charge is 2.39. The number of sulfonamides is 1. The van der Waals surface area contributed by atoms with Crippen molar-refractivity contribution in [3.05, 3.63) is 11.4 Å². The van der Waals surface area contributed by atoms with Crippen LogP contribution in [0.3, 0.4) is 0 Å². The molecule has 24 heavy (non-hydrogen) atoms. The number of carboxylic acids is 1. The molecule has 2 aliphatic carbocycles. The standard InChI is InChI=1S/C15H24N4O4S/c1-9-15(10(2)17-16-9)24(22,23)18-12-5-13(6-12)19(8-14(20)21)7-11-3-4-11/h11-13,18H,3-8H2,1-2H3,(H,16,17)(H,20,21). The van der Waals surface area contributed by atoms with Crippen LogP contribution in [0.5, 0.6) is 0 Å². The van der Waals surface area contributed by atoms with Crippen molar-refractivity contribution >= 4 is 16.0 Å². The van der Waals surface area contributed by atoms with Crippen LogP contribution in [0.4, 0.5) is 0 Å². The number of aromatic nitrogens is 2. The number of aliphatic carboxylic acids is 1. The summed E-state index contributed by atoms with van der Waals surface area (Å²) >= 11 is 0. The van der Waals surface area contributed by atoms with Crippen molar-refractivity contribution in [2.45, 2.75) is 56.5 Å². The van der Waals surface area contributed by atoms with E-state index >= 15 is 0 Å². The van der Waals surface area contributed by atoms with Gasteiger partial charge in [-0.1, -0.05) is 0 Å². The molecule has 8 nitrogen and oxygen atoms in total. The van der Waals surface area contributed by atoms with Gasteiger partial charge in [0.15, 0.2) is 0 Å². The summed E-state index contributed by atoms with van der Waals surface area (Å²) in [5, 5.41) is 15.7. The molecular formula is C15H24N4O4S. The number of nitrogens with one attached hydrogen (secondary N) is 2. The van der Waals surface area contributed by atoms with Crippen molar-refractivity contribution in [3.8, 4) is 0 Å². The Kier molecular flexibility index (Phi) is 4.67. The Morgan fingerprint density at radius 3 is 2.54 bits per heavy atom. The highest BCUT2D eigenvalue weighted by molar-refractivity contribution is 7.89. The zero-order valence-electron chi connectivity index (χ0n) is 13.9. The quantitative estimate of drug-likeness (QED) is 0.629. The van der Waals surface area contributed by atoms with Crippen LogP contribution in [0.15, 0.2) is 4.90 Å². The lowest BCUT2D eigenvalue weighted by atomic mass is 9.86. The molecule has 0 amide bonds. The van der Waals surface area contributed by atoms with Gasteiger partial charge in [0, 0.05) is 18.6 Å². The Labute approximate surface area is 141 Å². The second kappa shape index (κ2) is 6.45. The van der Waals surface area contributed by atoms with E-state index in [-0.39, 0.29) is 23.5 Å². The normalized spacial score (nSPS) is 24.1. The van der Waals surface area contributed by atoms with E-state index in [2.05, 4.69) is 14.9 Å². The van der Waals surface area contributed by atoms with E-state index in [0.29, 0.717) is 30.1 Å². The van der Waals surface area contributed by atoms with Crippen molar-refractivity contribution in [3.63, 3.8) is 0 Å². The van der Waals surface area contributed by atoms with E-state index in [1.165, 1.54) is 0 Å². The minimum absolute atomic E-state index is 0.0284. The fraction of sp³-hybridized carbons (Fsp3) is 0.733. The van der Waals surface area contributed by atoms with Gasteiger partial charge in [0.25, 0.3) is 0 Å². The number of rotatable bonds is 8. The van der Waals surface area contributed by atoms with Crippen molar-refractivity contribution in [1.29, 1.82) is 0 Å². The molecular weight excluding hydrogens is 332 g/mol. The molecule has 0 radical (unpaired) electrons. The molecule has 134 valence electrons. The predicted octanol–water partition coefficient (Wildman–Crippen LogP) is 0.632. The molecule has 2 aliphatic rings. The summed E-state index contributed by atoms with van der Waals surface area (Å²) in [6.45, 7) is 4.17. The van der Waals surface area contributed by atoms with E-state index in [1.54, 1.807) is 13.8 Å². The minimum Gasteiger partial charge on any atom is -0.480 e. The van der Waals surface area contributed by atoms with Gasteiger partial charge in [-0.2, -0.15) is 5.10 Å². The van der Waals surface area contributed by atoms with Gasteiger partial charge in [0.05, 0.1) is 17.9 Å². The molecule has 3 N–H and O–H groups in total. The molecule has 0 saturated heterocycles. The molecule has 0 unspecified atom stereocenters. The van der Waals surface area contributed by atoms with Gasteiger partial charge in [0.1, 0.15) is 4.90 Å². The molecule has 1 heterocycles. The highest BCUT2D eigenvalue weighted by atomic mass is 32.2. The third-order valence-electron chi connectivity index (χ3n) is 4.81. The number of aromatic amines is 1. The van der Waals surface area contributed by atoms with Crippen LogP contribution in [0.2, 0.25) is 0 Å². The molecule has 0 aliphatic heterocycles. The maximum Gasteiger partial charge on any atom is 0.317 e. The molecule has 0 spiro atoms. The lowest BCUT2D eigenvalue weighted by Gasteiger charge is -2.42. The number of hydrogen-bond acceptors (Lipinski definition) is 5. The van der Waals surface area contributed by atoms with Crippen LogP contribution >= 0.6 is 0 Å². The van der Waals surface area contributed by atoms with Crippen LogP contribution in [-0.2, 0) is 14.8 Å². The second-order valence-corrected chi connectivity index (χ2v) is 8.62. The summed E-state index contributed by atoms with van der Waals surface area (Å²) in [5.41, 5.74) is 0.981. The molecule has 9 heteroatoms. The molecule has 1 aromatic heterocycles. The number of nitrogens with zero attached hydrogens (tertiary/aromatic N) is 2. The average molecular weight is 356 g/mol. The molecule has 0 bridgehead atoms. The first-order valence-electron chi connectivity index (χ1n) is 8.26. The van der Waals surface area contributed by atoms with Gasteiger partial charge in [0.2, 0.25) is 10.0 Å². The number of carboxylic acid groups (broad SMARTS) is 1. The van der Waals surface area contributed by atoms with E-state index in [4.69, 9.17) is 5.11 Å².